The van der Waals surface area contributed by atoms with Crippen LogP contribution in [0.15, 0.2) is 138 Å². The maximum absolute atomic E-state index is 5.73. The van der Waals surface area contributed by atoms with Gasteiger partial charge in [0, 0.05) is 137 Å². The van der Waals surface area contributed by atoms with E-state index in [0.717, 1.165) is 28.6 Å². The van der Waals surface area contributed by atoms with Gasteiger partial charge in [0.1, 0.15) is 14.5 Å². The first kappa shape index (κ1) is 69.5. The number of benzene rings is 4. The predicted molar refractivity (Wildman–Crippen MR) is 452 cm³/mol. The van der Waals surface area contributed by atoms with Crippen LogP contribution in [-0.4, -0.2) is 13.7 Å². The normalized spacial score (nSPS) is 29.1. The number of anilines is 4. The van der Waals surface area contributed by atoms with E-state index in [2.05, 4.69) is 318 Å². The second kappa shape index (κ2) is 23.1. The van der Waals surface area contributed by atoms with Crippen molar-refractivity contribution >= 4 is 109 Å². The van der Waals surface area contributed by atoms with Crippen molar-refractivity contribution in [3.63, 3.8) is 0 Å². The molecule has 5 aliphatic carbocycles. The Morgan fingerprint density at radius 3 is 1.23 bits per heavy atom. The van der Waals surface area contributed by atoms with Gasteiger partial charge in [-0.25, -0.2) is 0 Å². The highest BCUT2D eigenvalue weighted by molar-refractivity contribution is 7.20. The zero-order valence-electron chi connectivity index (χ0n) is 66.9. The summed E-state index contributed by atoms with van der Waals surface area (Å²) in [6.07, 6.45) is 21.0. The number of aryl methyl sites for hydroxylation is 7. The van der Waals surface area contributed by atoms with Crippen LogP contribution in [0.2, 0.25) is 0 Å². The minimum atomic E-state index is -0.0198. The SMILES string of the molecule is Cc1cccc2c1N1C(C)c3c(sc4c3ccn4C)C1(C)C(C)(C)C2(C)C.Cc1cccc2c1N1C(C)c3c(sc4c3ccn4C)C1(C)C(C)(C)C2(C)C.Cc1ccccc1N1C(C)c2c(sc3c2ccn3C)C12C1CC3CC(C1)CC2C3.Cc1ccccc1N1C(C)c2c(sc3occc23)C12CCCC2. The molecule has 6 unspecified atom stereocenters. The zero-order valence-corrected chi connectivity index (χ0v) is 70.1. The Morgan fingerprint density at radius 1 is 0.387 bits per heavy atom. The molecule has 5 fully saturated rings. The van der Waals surface area contributed by atoms with Crippen LogP contribution in [0.25, 0.3) is 40.9 Å². The Balaban J connectivity index is 0.0000000970. The third-order valence-corrected chi connectivity index (χ3v) is 37.6. The van der Waals surface area contributed by atoms with Crippen molar-refractivity contribution < 1.29 is 4.42 Å². The van der Waals surface area contributed by atoms with Crippen LogP contribution >= 0.6 is 45.3 Å². The minimum Gasteiger partial charge on any atom is -0.454 e. The third kappa shape index (κ3) is 8.47. The van der Waals surface area contributed by atoms with Crippen molar-refractivity contribution in [2.45, 2.75) is 240 Å². The molecule has 0 radical (unpaired) electrons. The molecule has 106 heavy (non-hydrogen) atoms. The smallest absolute Gasteiger partial charge is 0.188 e. The van der Waals surface area contributed by atoms with E-state index in [1.807, 2.05) is 40.3 Å². The van der Waals surface area contributed by atoms with Gasteiger partial charge in [0.05, 0.1) is 52.6 Å². The van der Waals surface area contributed by atoms with Crippen LogP contribution in [0.4, 0.5) is 22.7 Å². The Bertz CT molecular complexity index is 5370. The lowest BCUT2D eigenvalue weighted by molar-refractivity contribution is -0.0588. The van der Waals surface area contributed by atoms with Crippen molar-refractivity contribution in [2.24, 2.45) is 55.6 Å². The van der Waals surface area contributed by atoms with Gasteiger partial charge in [-0.05, 0) is 218 Å². The van der Waals surface area contributed by atoms with E-state index in [9.17, 15) is 0 Å². The number of nitrogens with zero attached hydrogens (tertiary/aromatic N) is 7. The summed E-state index contributed by atoms with van der Waals surface area (Å²) in [4.78, 5) is 23.1. The standard InChI is InChI=1S/C26H30N2S.2C24H30N2S.C20H21NOS/c1-15-6-4-5-7-22(15)28-16(2)23-21-8-9-27(3)25(21)29-24(23)26(28)19-11-17-10-18(13-19)14-20(26)12-17;2*1-14-10-9-11-17-19(14)26-15(2)18-16-12-13-25(8)21(16)27-20(18)24(26,7)23(5,6)22(17,3)4;1-13-7-3-4-8-16(13)21-14(2)17-15-9-12-22-19(15)23-18(17)20(21)10-5-6-11-20/h4-9,16-20H,10-14H2,1-3H3;2*9-13,15H,1-8H3;3-4,7-9,12,14H,5-6,10-11H2,1-2H3. The zero-order chi connectivity index (χ0) is 74.1. The van der Waals surface area contributed by atoms with Gasteiger partial charge in [0.2, 0.25) is 0 Å². The molecule has 8 nitrogen and oxygen atoms in total. The molecule has 8 aromatic heterocycles. The molecule has 6 atom stereocenters. The quantitative estimate of drug-likeness (QED) is 0.173. The first-order valence-electron chi connectivity index (χ1n) is 40.1. The highest BCUT2D eigenvalue weighted by atomic mass is 32.1. The molecule has 12 heteroatoms. The van der Waals surface area contributed by atoms with Crippen molar-refractivity contribution in [2.75, 3.05) is 19.6 Å². The minimum absolute atomic E-state index is 0.0198. The monoisotopic (exact) mass is 1480 g/mol. The van der Waals surface area contributed by atoms with Crippen molar-refractivity contribution in [1.82, 2.24) is 13.7 Å². The Hall–Kier alpha value is -6.96. The third-order valence-electron chi connectivity index (χ3n) is 31.7. The van der Waals surface area contributed by atoms with Gasteiger partial charge in [-0.2, -0.15) is 0 Å². The van der Waals surface area contributed by atoms with Crippen LogP contribution < -0.4 is 19.6 Å². The van der Waals surface area contributed by atoms with E-state index < -0.39 is 0 Å². The average molecular weight is 1480 g/mol. The molecule has 6 aliphatic heterocycles. The van der Waals surface area contributed by atoms with E-state index >= 15 is 0 Å². The van der Waals surface area contributed by atoms with Crippen LogP contribution in [0.5, 0.6) is 0 Å². The maximum Gasteiger partial charge on any atom is 0.188 e. The number of rotatable bonds is 2. The first-order chi connectivity index (χ1) is 50.4. The number of aromatic nitrogens is 3. The lowest BCUT2D eigenvalue weighted by atomic mass is 9.48. The summed E-state index contributed by atoms with van der Waals surface area (Å²) in [5, 5.41) is 5.75. The molecule has 4 aromatic carbocycles. The Morgan fingerprint density at radius 2 is 0.774 bits per heavy atom. The number of thiophene rings is 4. The van der Waals surface area contributed by atoms with Crippen LogP contribution in [0.1, 0.15) is 254 Å². The predicted octanol–water partition coefficient (Wildman–Crippen LogP) is 26.3. The van der Waals surface area contributed by atoms with E-state index in [0.29, 0.717) is 24.2 Å². The summed E-state index contributed by atoms with van der Waals surface area (Å²) in [6, 6.07) is 42.6. The second-order valence-electron chi connectivity index (χ2n) is 37.1. The molecule has 14 heterocycles. The average Bonchev–Trinajstić information content (AvgIpc) is 1.67. The summed E-state index contributed by atoms with van der Waals surface area (Å²) in [7, 11) is 6.57. The van der Waals surface area contributed by atoms with Crippen LogP contribution in [0.3, 0.4) is 0 Å². The van der Waals surface area contributed by atoms with Gasteiger partial charge < -0.3 is 37.7 Å². The Kier molecular flexibility index (Phi) is 15.1. The van der Waals surface area contributed by atoms with E-state index in [1.165, 1.54) is 156 Å². The second-order valence-corrected chi connectivity index (χ2v) is 41.1. The number of furan rings is 1. The lowest BCUT2D eigenvalue weighted by Gasteiger charge is -2.63. The summed E-state index contributed by atoms with van der Waals surface area (Å²) < 4.78 is 12.7. The highest BCUT2D eigenvalue weighted by Crippen LogP contribution is 2.74. The highest BCUT2D eigenvalue weighted by Gasteiger charge is 2.69. The number of hydrogen-bond donors (Lipinski definition) is 0. The fraction of sp³-hybridized carbons (Fsp3) is 0.489. The molecular formula is C94H111N7OS4. The van der Waals surface area contributed by atoms with Gasteiger partial charge in [-0.1, -0.05) is 141 Å². The van der Waals surface area contributed by atoms with Gasteiger partial charge in [0.15, 0.2) is 4.90 Å². The van der Waals surface area contributed by atoms with Gasteiger partial charge >= 0.3 is 0 Å². The lowest BCUT2D eigenvalue weighted by Crippen LogP contribution is -2.62. The molecule has 0 N–H and O–H groups in total. The molecule has 5 saturated carbocycles. The molecular weight excluding hydrogens is 1370 g/mol. The topological polar surface area (TPSA) is 40.9 Å². The molecule has 0 amide bonds. The molecule has 552 valence electrons. The molecule has 12 aromatic rings. The number of para-hydroxylation sites is 4. The van der Waals surface area contributed by atoms with Gasteiger partial charge in [-0.3, -0.25) is 0 Å². The number of hydrogen-bond acceptors (Lipinski definition) is 9. The van der Waals surface area contributed by atoms with Crippen LogP contribution in [-0.2, 0) is 54.1 Å². The summed E-state index contributed by atoms with van der Waals surface area (Å²) in [5.74, 6) is 3.65. The van der Waals surface area contributed by atoms with Crippen molar-refractivity contribution in [1.29, 1.82) is 0 Å². The number of fused-ring (bicyclic) bond motifs is 21. The van der Waals surface area contributed by atoms with Crippen molar-refractivity contribution in [3.05, 3.63) is 209 Å². The molecule has 2 spiro atoms. The molecule has 0 saturated heterocycles. The van der Waals surface area contributed by atoms with Crippen LogP contribution in [0, 0.1) is 62.2 Å². The fourth-order valence-corrected chi connectivity index (χ4v) is 31.5. The van der Waals surface area contributed by atoms with E-state index in [-0.39, 0.29) is 43.8 Å². The Labute approximate surface area is 646 Å². The van der Waals surface area contributed by atoms with E-state index in [4.69, 9.17) is 4.42 Å². The molecule has 4 bridgehead atoms. The largest absolute Gasteiger partial charge is 0.454 e. The van der Waals surface area contributed by atoms with Crippen molar-refractivity contribution in [3.8, 4) is 0 Å². The van der Waals surface area contributed by atoms with Gasteiger partial charge in [0.25, 0.3) is 0 Å². The summed E-state index contributed by atoms with van der Waals surface area (Å²) >= 11 is 8.04. The molecule has 11 aliphatic rings. The van der Waals surface area contributed by atoms with E-state index in [1.54, 1.807) is 36.2 Å². The molecule has 23 rings (SSSR count). The summed E-state index contributed by atoms with van der Waals surface area (Å²) in [6.45, 7) is 43.5. The summed E-state index contributed by atoms with van der Waals surface area (Å²) in [5.41, 5.74) is 21.4. The van der Waals surface area contributed by atoms with Gasteiger partial charge in [-0.15, -0.1) is 45.3 Å². The fourth-order valence-electron chi connectivity index (χ4n) is 25.1. The maximum atomic E-state index is 5.73. The first-order valence-corrected chi connectivity index (χ1v) is 43.4.